The first-order valence-electron chi connectivity index (χ1n) is 4.13. The van der Waals surface area contributed by atoms with Gasteiger partial charge in [0.2, 0.25) is 0 Å². The average molecular weight is 298 g/mol. The Labute approximate surface area is 97.8 Å². The third-order valence-electron chi connectivity index (χ3n) is 1.88. The number of nitrogens with zero attached hydrogens (tertiary/aromatic N) is 2. The maximum atomic E-state index is 12.8. The Balaban J connectivity index is 3.56. The molecule has 0 amide bonds. The van der Waals surface area contributed by atoms with Gasteiger partial charge in [0.25, 0.3) is 0 Å². The van der Waals surface area contributed by atoms with Gasteiger partial charge in [0.1, 0.15) is 5.56 Å². The standard InChI is InChI=1S/C7H2F8N2O2/c8-5(9,10)2-1-16-17(3(2)4(18)19)7(14,15)6(11,12)13/h1H,(H,18,19). The van der Waals surface area contributed by atoms with Gasteiger partial charge >= 0.3 is 24.4 Å². The summed E-state index contributed by atoms with van der Waals surface area (Å²) in [7, 11) is 0. The quantitative estimate of drug-likeness (QED) is 0.854. The summed E-state index contributed by atoms with van der Waals surface area (Å²) in [6.45, 7) is 0. The monoisotopic (exact) mass is 298 g/mol. The number of aromatic nitrogens is 2. The van der Waals surface area contributed by atoms with Crippen molar-refractivity contribution in [2.45, 2.75) is 18.4 Å². The van der Waals surface area contributed by atoms with Crippen molar-refractivity contribution in [3.63, 3.8) is 0 Å². The van der Waals surface area contributed by atoms with Crippen LogP contribution in [0.15, 0.2) is 6.20 Å². The molecule has 1 heterocycles. The van der Waals surface area contributed by atoms with E-state index in [9.17, 15) is 39.9 Å². The summed E-state index contributed by atoms with van der Waals surface area (Å²) in [5, 5.41) is 10.6. The molecule has 1 N–H and O–H groups in total. The smallest absolute Gasteiger partial charge is 0.477 e. The van der Waals surface area contributed by atoms with Crippen LogP contribution in [0, 0.1) is 0 Å². The van der Waals surface area contributed by atoms with E-state index in [-0.39, 0.29) is 0 Å². The Morgan fingerprint density at radius 3 is 1.89 bits per heavy atom. The Bertz CT molecular complexity index is 500. The van der Waals surface area contributed by atoms with Crippen LogP contribution in [-0.4, -0.2) is 27.0 Å². The number of aromatic carboxylic acids is 1. The summed E-state index contributed by atoms with van der Waals surface area (Å²) in [5.41, 5.74) is -4.50. The highest BCUT2D eigenvalue weighted by Crippen LogP contribution is 2.42. The van der Waals surface area contributed by atoms with Gasteiger partial charge < -0.3 is 5.11 Å². The molecule has 19 heavy (non-hydrogen) atoms. The van der Waals surface area contributed by atoms with Crippen molar-refractivity contribution in [1.29, 1.82) is 0 Å². The maximum Gasteiger partial charge on any atom is 0.477 e. The molecule has 0 aromatic carbocycles. The third kappa shape index (κ3) is 2.46. The summed E-state index contributed by atoms with van der Waals surface area (Å²) in [6.07, 6.45) is -12.1. The fourth-order valence-electron chi connectivity index (χ4n) is 1.09. The highest BCUT2D eigenvalue weighted by atomic mass is 19.4. The third-order valence-corrected chi connectivity index (χ3v) is 1.88. The molecule has 0 aliphatic rings. The van der Waals surface area contributed by atoms with E-state index in [1.807, 2.05) is 0 Å². The zero-order valence-corrected chi connectivity index (χ0v) is 8.35. The lowest BCUT2D eigenvalue weighted by Crippen LogP contribution is -2.42. The van der Waals surface area contributed by atoms with Crippen molar-refractivity contribution in [3.05, 3.63) is 17.5 Å². The van der Waals surface area contributed by atoms with E-state index in [0.717, 1.165) is 0 Å². The molecule has 0 saturated carbocycles. The van der Waals surface area contributed by atoms with Gasteiger partial charge in [0.05, 0.1) is 6.20 Å². The maximum absolute atomic E-state index is 12.8. The van der Waals surface area contributed by atoms with Crippen molar-refractivity contribution < 1.29 is 45.0 Å². The van der Waals surface area contributed by atoms with E-state index in [0.29, 0.717) is 0 Å². The molecule has 0 spiro atoms. The highest BCUT2D eigenvalue weighted by molar-refractivity contribution is 5.87. The van der Waals surface area contributed by atoms with Crippen molar-refractivity contribution in [2.75, 3.05) is 0 Å². The fourth-order valence-corrected chi connectivity index (χ4v) is 1.09. The van der Waals surface area contributed by atoms with Crippen LogP contribution in [0.1, 0.15) is 16.1 Å². The molecular weight excluding hydrogens is 296 g/mol. The van der Waals surface area contributed by atoms with Gasteiger partial charge in [0, 0.05) is 0 Å². The lowest BCUT2D eigenvalue weighted by Gasteiger charge is -2.20. The lowest BCUT2D eigenvalue weighted by atomic mass is 10.2. The van der Waals surface area contributed by atoms with Crippen molar-refractivity contribution >= 4 is 5.97 Å². The number of rotatable bonds is 2. The van der Waals surface area contributed by atoms with Crippen molar-refractivity contribution in [3.8, 4) is 0 Å². The highest BCUT2D eigenvalue weighted by Gasteiger charge is 2.62. The molecule has 1 aromatic rings. The van der Waals surface area contributed by atoms with Gasteiger partial charge in [-0.1, -0.05) is 0 Å². The van der Waals surface area contributed by atoms with Crippen LogP contribution in [0.2, 0.25) is 0 Å². The van der Waals surface area contributed by atoms with Gasteiger partial charge in [0.15, 0.2) is 5.69 Å². The first-order chi connectivity index (χ1) is 8.30. The Morgan fingerprint density at radius 2 is 1.58 bits per heavy atom. The minimum Gasteiger partial charge on any atom is -0.477 e. The Hall–Kier alpha value is -1.88. The fraction of sp³-hybridized carbons (Fsp3) is 0.429. The van der Waals surface area contributed by atoms with Crippen LogP contribution in [0.3, 0.4) is 0 Å². The molecule has 0 radical (unpaired) electrons. The Morgan fingerprint density at radius 1 is 1.11 bits per heavy atom. The summed E-state index contributed by atoms with van der Waals surface area (Å²) < 4.78 is 96.9. The molecule has 0 aliphatic carbocycles. The zero-order valence-electron chi connectivity index (χ0n) is 8.35. The van der Waals surface area contributed by atoms with Crippen molar-refractivity contribution in [1.82, 2.24) is 9.78 Å². The second-order valence-corrected chi connectivity index (χ2v) is 3.16. The first kappa shape index (κ1) is 15.2. The topological polar surface area (TPSA) is 55.1 Å². The molecule has 1 aromatic heterocycles. The van der Waals surface area contributed by atoms with E-state index in [1.165, 1.54) is 0 Å². The van der Waals surface area contributed by atoms with Gasteiger partial charge in [-0.15, -0.1) is 0 Å². The molecule has 12 heteroatoms. The number of carbonyl (C=O) groups is 1. The number of alkyl halides is 8. The van der Waals surface area contributed by atoms with Gasteiger partial charge in [-0.3, -0.25) is 0 Å². The van der Waals surface area contributed by atoms with Gasteiger partial charge in [-0.05, 0) is 0 Å². The molecule has 0 saturated heterocycles. The van der Waals surface area contributed by atoms with E-state index < -0.39 is 46.5 Å². The number of hydrogen-bond donors (Lipinski definition) is 1. The lowest BCUT2D eigenvalue weighted by molar-refractivity contribution is -0.328. The second kappa shape index (κ2) is 4.06. The summed E-state index contributed by atoms with van der Waals surface area (Å²) in [5.74, 6) is -2.62. The average Bonchev–Trinajstić information content (AvgIpc) is 2.58. The van der Waals surface area contributed by atoms with E-state index in [4.69, 9.17) is 5.11 Å². The van der Waals surface area contributed by atoms with Crippen molar-refractivity contribution in [2.24, 2.45) is 0 Å². The second-order valence-electron chi connectivity index (χ2n) is 3.16. The minimum absolute atomic E-state index is 0.414. The van der Waals surface area contributed by atoms with Crippen LogP contribution in [0.4, 0.5) is 35.1 Å². The predicted octanol–water partition coefficient (Wildman–Crippen LogP) is 2.71. The summed E-state index contributed by atoms with van der Waals surface area (Å²) in [6, 6.07) is -5.88. The number of halogens is 8. The number of carboxylic acid groups (broad SMARTS) is 1. The molecule has 0 bridgehead atoms. The molecule has 1 rings (SSSR count). The van der Waals surface area contributed by atoms with Crippen LogP contribution in [-0.2, 0) is 12.2 Å². The molecule has 108 valence electrons. The molecule has 0 atom stereocenters. The molecule has 0 aliphatic heterocycles. The Kier molecular flexibility index (Phi) is 3.25. The molecular formula is C7H2F8N2O2. The summed E-state index contributed by atoms with van der Waals surface area (Å²) >= 11 is 0. The SMILES string of the molecule is O=C(O)c1c(C(F)(F)F)cnn1C(F)(F)C(F)(F)F. The van der Waals surface area contributed by atoms with E-state index in [1.54, 1.807) is 0 Å². The minimum atomic E-state index is -6.30. The van der Waals surface area contributed by atoms with Crippen LogP contribution in [0.25, 0.3) is 0 Å². The van der Waals surface area contributed by atoms with Crippen LogP contribution < -0.4 is 0 Å². The normalized spacial score (nSPS) is 13.7. The van der Waals surface area contributed by atoms with E-state index >= 15 is 0 Å². The summed E-state index contributed by atoms with van der Waals surface area (Å²) in [4.78, 5) is 10.5. The number of carboxylic acids is 1. The zero-order chi connectivity index (χ0) is 15.2. The molecule has 4 nitrogen and oxygen atoms in total. The predicted molar refractivity (Wildman–Crippen MR) is 40.4 cm³/mol. The van der Waals surface area contributed by atoms with Gasteiger partial charge in [-0.2, -0.15) is 44.9 Å². The van der Waals surface area contributed by atoms with Crippen LogP contribution >= 0.6 is 0 Å². The molecule has 0 fully saturated rings. The molecule has 0 unspecified atom stereocenters. The van der Waals surface area contributed by atoms with Gasteiger partial charge in [-0.25, -0.2) is 4.79 Å². The first-order valence-corrected chi connectivity index (χ1v) is 4.13. The number of hydrogen-bond acceptors (Lipinski definition) is 2. The van der Waals surface area contributed by atoms with Crippen LogP contribution in [0.5, 0.6) is 0 Å². The van der Waals surface area contributed by atoms with E-state index in [2.05, 4.69) is 5.10 Å². The largest absolute Gasteiger partial charge is 0.477 e.